The summed E-state index contributed by atoms with van der Waals surface area (Å²) in [7, 11) is 1.48. The van der Waals surface area contributed by atoms with Crippen LogP contribution >= 0.6 is 11.3 Å². The van der Waals surface area contributed by atoms with E-state index in [4.69, 9.17) is 4.74 Å². The van der Waals surface area contributed by atoms with E-state index in [1.807, 2.05) is 29.2 Å². The lowest BCUT2D eigenvalue weighted by atomic mass is 10.2. The maximum atomic E-state index is 14.2. The van der Waals surface area contributed by atoms with Crippen molar-refractivity contribution in [2.24, 2.45) is 0 Å². The number of carbonyl (C=O) groups excluding carboxylic acids is 1. The van der Waals surface area contributed by atoms with Gasteiger partial charge in [-0.2, -0.15) is 0 Å². The van der Waals surface area contributed by atoms with Gasteiger partial charge in [0.1, 0.15) is 10.7 Å². The zero-order valence-corrected chi connectivity index (χ0v) is 15.3. The molecule has 1 aliphatic rings. The van der Waals surface area contributed by atoms with Gasteiger partial charge in [0.2, 0.25) is 0 Å². The van der Waals surface area contributed by atoms with Crippen molar-refractivity contribution in [1.82, 2.24) is 4.90 Å². The van der Waals surface area contributed by atoms with Crippen LogP contribution in [0.15, 0.2) is 48.5 Å². The Morgan fingerprint density at radius 1 is 1.04 bits per heavy atom. The van der Waals surface area contributed by atoms with Crippen LogP contribution in [0.1, 0.15) is 9.67 Å². The van der Waals surface area contributed by atoms with Crippen molar-refractivity contribution in [3.63, 3.8) is 0 Å². The number of para-hydroxylation sites is 1. The monoisotopic (exact) mass is 370 g/mol. The maximum Gasteiger partial charge on any atom is 0.267 e. The number of carbonyl (C=O) groups is 1. The standard InChI is InChI=1S/C20H19FN2O2S/c1-25-18-17-15(21)8-5-9-16(17)26-19(18)20(24)23-12-10-22(11-13-23)14-6-3-2-4-7-14/h2-9H,10-13H2,1H3. The Morgan fingerprint density at radius 3 is 2.46 bits per heavy atom. The van der Waals surface area contributed by atoms with Gasteiger partial charge in [-0.3, -0.25) is 4.79 Å². The van der Waals surface area contributed by atoms with E-state index >= 15 is 0 Å². The van der Waals surface area contributed by atoms with Crippen molar-refractivity contribution in [2.45, 2.75) is 0 Å². The van der Waals surface area contributed by atoms with E-state index in [0.717, 1.165) is 17.8 Å². The van der Waals surface area contributed by atoms with Gasteiger partial charge in [-0.25, -0.2) is 4.39 Å². The fraction of sp³-hybridized carbons (Fsp3) is 0.250. The van der Waals surface area contributed by atoms with E-state index in [9.17, 15) is 9.18 Å². The normalized spacial score (nSPS) is 14.7. The summed E-state index contributed by atoms with van der Waals surface area (Å²) in [5, 5.41) is 0.395. The summed E-state index contributed by atoms with van der Waals surface area (Å²) in [5.41, 5.74) is 1.17. The van der Waals surface area contributed by atoms with E-state index in [-0.39, 0.29) is 11.7 Å². The zero-order valence-electron chi connectivity index (χ0n) is 14.4. The maximum absolute atomic E-state index is 14.2. The van der Waals surface area contributed by atoms with Gasteiger partial charge in [0.05, 0.1) is 12.5 Å². The molecule has 2 aromatic carbocycles. The van der Waals surface area contributed by atoms with Crippen molar-refractivity contribution < 1.29 is 13.9 Å². The van der Waals surface area contributed by atoms with Gasteiger partial charge in [0, 0.05) is 36.6 Å². The fourth-order valence-electron chi connectivity index (χ4n) is 3.37. The van der Waals surface area contributed by atoms with E-state index in [0.29, 0.717) is 29.1 Å². The van der Waals surface area contributed by atoms with Crippen LogP contribution in [0.3, 0.4) is 0 Å². The number of fused-ring (bicyclic) bond motifs is 1. The average molecular weight is 370 g/mol. The Kier molecular flexibility index (Phi) is 4.51. The van der Waals surface area contributed by atoms with Crippen molar-refractivity contribution >= 4 is 33.0 Å². The number of anilines is 1. The number of ether oxygens (including phenoxy) is 1. The number of halogens is 1. The van der Waals surface area contributed by atoms with Crippen molar-refractivity contribution in [2.75, 3.05) is 38.2 Å². The van der Waals surface area contributed by atoms with Crippen molar-refractivity contribution in [3.05, 3.63) is 59.2 Å². The molecule has 0 atom stereocenters. The Labute approximate surface area is 155 Å². The number of amides is 1. The lowest BCUT2D eigenvalue weighted by Crippen LogP contribution is -2.48. The molecule has 0 unspecified atom stereocenters. The van der Waals surface area contributed by atoms with E-state index in [2.05, 4.69) is 17.0 Å². The van der Waals surface area contributed by atoms with E-state index < -0.39 is 0 Å². The highest BCUT2D eigenvalue weighted by molar-refractivity contribution is 7.21. The predicted molar refractivity (Wildman–Crippen MR) is 103 cm³/mol. The Bertz CT molecular complexity index is 934. The molecule has 0 bridgehead atoms. The first-order chi connectivity index (χ1) is 12.7. The van der Waals surface area contributed by atoms with Crippen LogP contribution in [-0.2, 0) is 0 Å². The molecular weight excluding hydrogens is 351 g/mol. The first kappa shape index (κ1) is 16.8. The number of benzene rings is 2. The summed E-state index contributed by atoms with van der Waals surface area (Å²) in [6, 6.07) is 15.0. The third-order valence-corrected chi connectivity index (χ3v) is 5.83. The van der Waals surface area contributed by atoms with Crippen LogP contribution < -0.4 is 9.64 Å². The smallest absolute Gasteiger partial charge is 0.267 e. The first-order valence-corrected chi connectivity index (χ1v) is 9.35. The molecule has 1 aromatic heterocycles. The molecule has 1 saturated heterocycles. The first-order valence-electron chi connectivity index (χ1n) is 8.53. The highest BCUT2D eigenvalue weighted by Crippen LogP contribution is 2.40. The lowest BCUT2D eigenvalue weighted by molar-refractivity contribution is 0.0749. The van der Waals surface area contributed by atoms with Gasteiger partial charge >= 0.3 is 0 Å². The van der Waals surface area contributed by atoms with Crippen LogP contribution in [0.2, 0.25) is 0 Å². The summed E-state index contributed by atoms with van der Waals surface area (Å²) in [4.78, 5) is 17.6. The molecular formula is C20H19FN2O2S. The zero-order chi connectivity index (χ0) is 18.1. The summed E-state index contributed by atoms with van der Waals surface area (Å²) in [5.74, 6) is -0.0997. The molecule has 1 aliphatic heterocycles. The van der Waals surface area contributed by atoms with Gasteiger partial charge in [-0.05, 0) is 24.3 Å². The molecule has 0 aliphatic carbocycles. The Morgan fingerprint density at radius 2 is 1.77 bits per heavy atom. The minimum atomic E-state index is -0.358. The van der Waals surface area contributed by atoms with Crippen LogP contribution in [0.4, 0.5) is 10.1 Å². The summed E-state index contributed by atoms with van der Waals surface area (Å²) >= 11 is 1.29. The van der Waals surface area contributed by atoms with Gasteiger partial charge in [0.15, 0.2) is 5.75 Å². The Hall–Kier alpha value is -2.60. The van der Waals surface area contributed by atoms with Gasteiger partial charge in [-0.1, -0.05) is 24.3 Å². The molecule has 3 aromatic rings. The molecule has 2 heterocycles. The van der Waals surface area contributed by atoms with Crippen molar-refractivity contribution in [1.29, 1.82) is 0 Å². The molecule has 6 heteroatoms. The number of nitrogens with zero attached hydrogens (tertiary/aromatic N) is 2. The lowest BCUT2D eigenvalue weighted by Gasteiger charge is -2.36. The van der Waals surface area contributed by atoms with Crippen LogP contribution in [0.5, 0.6) is 5.75 Å². The summed E-state index contributed by atoms with van der Waals surface area (Å²) in [6.07, 6.45) is 0. The van der Waals surface area contributed by atoms with E-state index in [1.54, 1.807) is 6.07 Å². The minimum Gasteiger partial charge on any atom is -0.494 e. The number of thiophene rings is 1. The third kappa shape index (κ3) is 2.90. The number of piperazine rings is 1. The minimum absolute atomic E-state index is 0.0878. The van der Waals surface area contributed by atoms with Gasteiger partial charge in [-0.15, -0.1) is 11.3 Å². The highest BCUT2D eigenvalue weighted by Gasteiger charge is 2.28. The SMILES string of the molecule is COc1c(C(=O)N2CCN(c3ccccc3)CC2)sc2cccc(F)c12. The summed E-state index contributed by atoms with van der Waals surface area (Å²) < 4.78 is 20.3. The Balaban J connectivity index is 1.56. The quantitative estimate of drug-likeness (QED) is 0.698. The molecule has 134 valence electrons. The number of hydrogen-bond acceptors (Lipinski definition) is 4. The fourth-order valence-corrected chi connectivity index (χ4v) is 4.52. The number of methoxy groups -OCH3 is 1. The molecule has 4 nitrogen and oxygen atoms in total. The van der Waals surface area contributed by atoms with Crippen LogP contribution in [0, 0.1) is 5.82 Å². The molecule has 0 N–H and O–H groups in total. The number of rotatable bonds is 3. The molecule has 0 radical (unpaired) electrons. The van der Waals surface area contributed by atoms with E-state index in [1.165, 1.54) is 30.2 Å². The van der Waals surface area contributed by atoms with Crippen LogP contribution in [-0.4, -0.2) is 44.1 Å². The summed E-state index contributed by atoms with van der Waals surface area (Å²) in [6.45, 7) is 2.82. The number of hydrogen-bond donors (Lipinski definition) is 0. The average Bonchev–Trinajstić information content (AvgIpc) is 3.08. The second kappa shape index (κ2) is 6.96. The molecule has 0 saturated carbocycles. The largest absolute Gasteiger partial charge is 0.494 e. The van der Waals surface area contributed by atoms with Gasteiger partial charge in [0.25, 0.3) is 5.91 Å². The predicted octanol–water partition coefficient (Wildman–Crippen LogP) is 4.01. The molecule has 26 heavy (non-hydrogen) atoms. The van der Waals surface area contributed by atoms with Crippen LogP contribution in [0.25, 0.3) is 10.1 Å². The van der Waals surface area contributed by atoms with Gasteiger partial charge < -0.3 is 14.5 Å². The third-order valence-electron chi connectivity index (χ3n) is 4.71. The van der Waals surface area contributed by atoms with Crippen molar-refractivity contribution in [3.8, 4) is 5.75 Å². The second-order valence-corrected chi connectivity index (χ2v) is 7.24. The topological polar surface area (TPSA) is 32.8 Å². The highest BCUT2D eigenvalue weighted by atomic mass is 32.1. The molecule has 1 fully saturated rings. The molecule has 4 rings (SSSR count). The molecule has 1 amide bonds. The second-order valence-electron chi connectivity index (χ2n) is 6.19. The molecule has 0 spiro atoms.